The highest BCUT2D eigenvalue weighted by atomic mass is 127. The lowest BCUT2D eigenvalue weighted by atomic mass is 10.2. The van der Waals surface area contributed by atoms with E-state index in [1.165, 1.54) is 0 Å². The van der Waals surface area contributed by atoms with Crippen LogP contribution in [0.25, 0.3) is 0 Å². The fourth-order valence-corrected chi connectivity index (χ4v) is 1.38. The molecule has 1 rings (SSSR count). The summed E-state index contributed by atoms with van der Waals surface area (Å²) in [6, 6.07) is 2.44. The minimum Gasteiger partial charge on any atom is -0.204 e. The molecule has 1 nitrogen and oxygen atoms in total. The first-order valence-corrected chi connectivity index (χ1v) is 4.26. The minimum absolute atomic E-state index is 0.0444. The minimum atomic E-state index is -1.06. The molecule has 0 aromatic heterocycles. The maximum atomic E-state index is 12.7. The number of nitrogens with zero attached hydrogens (tertiary/aromatic N) is 1. The Morgan fingerprint density at radius 2 is 2.08 bits per heavy atom. The van der Waals surface area contributed by atoms with Crippen molar-refractivity contribution in [2.45, 2.75) is 0 Å². The highest BCUT2D eigenvalue weighted by Gasteiger charge is 2.14. The molecule has 0 unspecified atom stereocenters. The lowest BCUT2D eigenvalue weighted by Gasteiger charge is -2.00. The van der Waals surface area contributed by atoms with Crippen LogP contribution in [0.5, 0.6) is 0 Å². The van der Waals surface area contributed by atoms with Gasteiger partial charge >= 0.3 is 0 Å². The smallest absolute Gasteiger partial charge is 0.173 e. The van der Waals surface area contributed by atoms with E-state index in [0.29, 0.717) is 0 Å². The Kier molecular flexibility index (Phi) is 2.85. The van der Waals surface area contributed by atoms with Gasteiger partial charge < -0.3 is 0 Å². The molecule has 0 aliphatic carbocycles. The monoisotopic (exact) mass is 299 g/mol. The van der Waals surface area contributed by atoms with Gasteiger partial charge in [-0.1, -0.05) is 11.6 Å². The third-order valence-electron chi connectivity index (χ3n) is 1.22. The zero-order valence-corrected chi connectivity index (χ0v) is 8.45. The normalized spacial score (nSPS) is 9.58. The second kappa shape index (κ2) is 3.54. The van der Waals surface area contributed by atoms with Gasteiger partial charge in [0.1, 0.15) is 6.07 Å². The van der Waals surface area contributed by atoms with E-state index in [9.17, 15) is 8.78 Å². The molecule has 0 bridgehead atoms. The molecule has 0 aliphatic rings. The highest BCUT2D eigenvalue weighted by Crippen LogP contribution is 2.26. The Labute approximate surface area is 86.1 Å². The molecule has 12 heavy (non-hydrogen) atoms. The van der Waals surface area contributed by atoms with Crippen molar-refractivity contribution in [2.24, 2.45) is 0 Å². The molecule has 1 aromatic rings. The van der Waals surface area contributed by atoms with Crippen molar-refractivity contribution in [1.82, 2.24) is 0 Å². The fourth-order valence-electron chi connectivity index (χ4n) is 0.654. The molecule has 0 radical (unpaired) electrons. The van der Waals surface area contributed by atoms with E-state index in [1.54, 1.807) is 28.7 Å². The first-order chi connectivity index (χ1) is 5.57. The summed E-state index contributed by atoms with van der Waals surface area (Å²) < 4.78 is 25.3. The Morgan fingerprint density at radius 3 is 2.58 bits per heavy atom. The first kappa shape index (κ1) is 9.68. The molecule has 0 fully saturated rings. The SMILES string of the molecule is N#Cc1cc(F)c(F)c(I)c1Cl. The van der Waals surface area contributed by atoms with Crippen LogP contribution in [0, 0.1) is 26.5 Å². The molecule has 0 saturated carbocycles. The zero-order valence-electron chi connectivity index (χ0n) is 5.54. The van der Waals surface area contributed by atoms with Crippen molar-refractivity contribution in [3.8, 4) is 6.07 Å². The topological polar surface area (TPSA) is 23.8 Å². The Balaban J connectivity index is 3.52. The third kappa shape index (κ3) is 1.52. The molecular weight excluding hydrogens is 298 g/mol. The second-order valence-electron chi connectivity index (χ2n) is 1.96. The predicted molar refractivity (Wildman–Crippen MR) is 48.8 cm³/mol. The van der Waals surface area contributed by atoms with E-state index >= 15 is 0 Å². The predicted octanol–water partition coefficient (Wildman–Crippen LogP) is 3.09. The standard InChI is InChI=1S/C7HClF2IN/c8-5-3(2-12)1-4(9)6(10)7(5)11/h1H. The molecule has 0 atom stereocenters. The van der Waals surface area contributed by atoms with Crippen LogP contribution in [0.15, 0.2) is 6.07 Å². The maximum absolute atomic E-state index is 12.7. The average molecular weight is 299 g/mol. The van der Waals surface area contributed by atoms with Crippen molar-refractivity contribution in [2.75, 3.05) is 0 Å². The maximum Gasteiger partial charge on any atom is 0.173 e. The van der Waals surface area contributed by atoms with Gasteiger partial charge in [-0.05, 0) is 28.7 Å². The van der Waals surface area contributed by atoms with Crippen molar-refractivity contribution in [3.63, 3.8) is 0 Å². The lowest BCUT2D eigenvalue weighted by Crippen LogP contribution is -1.92. The molecule has 0 heterocycles. The molecule has 0 amide bonds. The fraction of sp³-hybridized carbons (Fsp3) is 0. The van der Waals surface area contributed by atoms with Crippen LogP contribution in [-0.2, 0) is 0 Å². The second-order valence-corrected chi connectivity index (χ2v) is 3.42. The van der Waals surface area contributed by atoms with Crippen LogP contribution in [0.1, 0.15) is 5.56 Å². The van der Waals surface area contributed by atoms with Crippen LogP contribution in [0.2, 0.25) is 5.02 Å². The van der Waals surface area contributed by atoms with Crippen LogP contribution < -0.4 is 0 Å². The quantitative estimate of drug-likeness (QED) is 0.410. The first-order valence-electron chi connectivity index (χ1n) is 2.81. The molecule has 5 heteroatoms. The molecule has 0 N–H and O–H groups in total. The summed E-state index contributed by atoms with van der Waals surface area (Å²) in [4.78, 5) is 0. The summed E-state index contributed by atoms with van der Waals surface area (Å²) in [7, 11) is 0. The van der Waals surface area contributed by atoms with Crippen molar-refractivity contribution in [1.29, 1.82) is 5.26 Å². The van der Waals surface area contributed by atoms with E-state index in [2.05, 4.69) is 0 Å². The van der Waals surface area contributed by atoms with Crippen LogP contribution in [-0.4, -0.2) is 0 Å². The number of hydrogen-bond donors (Lipinski definition) is 0. The number of rotatable bonds is 0. The van der Waals surface area contributed by atoms with Gasteiger partial charge in [0.25, 0.3) is 0 Å². The van der Waals surface area contributed by atoms with Gasteiger partial charge in [0, 0.05) is 0 Å². The van der Waals surface area contributed by atoms with Gasteiger partial charge in [0.15, 0.2) is 11.6 Å². The van der Waals surface area contributed by atoms with Crippen LogP contribution >= 0.6 is 34.2 Å². The van der Waals surface area contributed by atoms with Crippen LogP contribution in [0.4, 0.5) is 8.78 Å². The number of halogens is 4. The van der Waals surface area contributed by atoms with Gasteiger partial charge in [-0.25, -0.2) is 8.78 Å². The largest absolute Gasteiger partial charge is 0.204 e. The molecule has 0 saturated heterocycles. The van der Waals surface area contributed by atoms with E-state index < -0.39 is 11.6 Å². The van der Waals surface area contributed by atoms with Gasteiger partial charge in [0.2, 0.25) is 0 Å². The van der Waals surface area contributed by atoms with Gasteiger partial charge in [-0.2, -0.15) is 5.26 Å². The van der Waals surface area contributed by atoms with E-state index in [-0.39, 0.29) is 14.2 Å². The highest BCUT2D eigenvalue weighted by molar-refractivity contribution is 14.1. The Hall–Kier alpha value is -0.410. The number of hydrogen-bond acceptors (Lipinski definition) is 1. The molecule has 1 aromatic carbocycles. The summed E-state index contributed by atoms with van der Waals surface area (Å²) in [5.74, 6) is -2.07. The van der Waals surface area contributed by atoms with Gasteiger partial charge in [-0.15, -0.1) is 0 Å². The van der Waals surface area contributed by atoms with Crippen LogP contribution in [0.3, 0.4) is 0 Å². The van der Waals surface area contributed by atoms with Crippen molar-refractivity contribution in [3.05, 3.63) is 31.9 Å². The summed E-state index contributed by atoms with van der Waals surface area (Å²) >= 11 is 7.08. The van der Waals surface area contributed by atoms with Gasteiger partial charge in [-0.3, -0.25) is 0 Å². The summed E-state index contributed by atoms with van der Waals surface area (Å²) in [6.45, 7) is 0. The number of benzene rings is 1. The third-order valence-corrected chi connectivity index (χ3v) is 2.95. The van der Waals surface area contributed by atoms with Crippen molar-refractivity contribution >= 4 is 34.2 Å². The molecular formula is C7HClF2IN. The summed E-state index contributed by atoms with van der Waals surface area (Å²) in [6.07, 6.45) is 0. The zero-order chi connectivity index (χ0) is 9.30. The van der Waals surface area contributed by atoms with Gasteiger partial charge in [0.05, 0.1) is 14.2 Å². The molecule has 0 spiro atoms. The van der Waals surface area contributed by atoms with E-state index in [0.717, 1.165) is 6.07 Å². The Bertz CT molecular complexity index is 373. The molecule has 62 valence electrons. The lowest BCUT2D eigenvalue weighted by molar-refractivity contribution is 0.503. The molecule has 0 aliphatic heterocycles. The average Bonchev–Trinajstić information content (AvgIpc) is 2.08. The summed E-state index contributed by atoms with van der Waals surface area (Å²) in [5.41, 5.74) is -0.0556. The van der Waals surface area contributed by atoms with E-state index in [1.807, 2.05) is 0 Å². The van der Waals surface area contributed by atoms with E-state index in [4.69, 9.17) is 16.9 Å². The Morgan fingerprint density at radius 1 is 1.50 bits per heavy atom. The summed E-state index contributed by atoms with van der Waals surface area (Å²) in [5, 5.41) is 8.39. The van der Waals surface area contributed by atoms with Crippen molar-refractivity contribution < 1.29 is 8.78 Å². The number of nitriles is 1.